The minimum Gasteiger partial charge on any atom is -0.439 e. The summed E-state index contributed by atoms with van der Waals surface area (Å²) in [5.41, 5.74) is 3.47. The number of hydrogen-bond acceptors (Lipinski definition) is 4. The lowest BCUT2D eigenvalue weighted by atomic mass is 9.84. The van der Waals surface area contributed by atoms with Gasteiger partial charge in [-0.15, -0.1) is 0 Å². The van der Waals surface area contributed by atoms with Crippen LogP contribution in [0.1, 0.15) is 43.0 Å². The molecule has 0 radical (unpaired) electrons. The Kier molecular flexibility index (Phi) is 7.63. The van der Waals surface area contributed by atoms with Gasteiger partial charge in [-0.1, -0.05) is 25.5 Å². The van der Waals surface area contributed by atoms with Crippen LogP contribution in [-0.2, 0) is 22.5 Å². The zero-order chi connectivity index (χ0) is 24.1. The molecule has 0 spiro atoms. The number of amides is 1. The van der Waals surface area contributed by atoms with Crippen molar-refractivity contribution in [3.05, 3.63) is 71.2 Å². The van der Waals surface area contributed by atoms with E-state index in [0.717, 1.165) is 36.1 Å². The average Bonchev–Trinajstić information content (AvgIpc) is 3.12. The summed E-state index contributed by atoms with van der Waals surface area (Å²) in [7, 11) is 1.64. The molecule has 1 saturated carbocycles. The maximum absolute atomic E-state index is 13.6. The summed E-state index contributed by atoms with van der Waals surface area (Å²) in [6.45, 7) is 5.38. The Morgan fingerprint density at radius 3 is 2.59 bits per heavy atom. The number of rotatable bonds is 10. The van der Waals surface area contributed by atoms with E-state index in [-0.39, 0.29) is 17.6 Å². The Balaban J connectivity index is 1.77. The van der Waals surface area contributed by atoms with E-state index in [2.05, 4.69) is 0 Å². The van der Waals surface area contributed by atoms with Crippen LogP contribution in [0.5, 0.6) is 11.6 Å². The van der Waals surface area contributed by atoms with Gasteiger partial charge in [0.05, 0.1) is 30.1 Å². The minimum atomic E-state index is -0.315. The Bertz CT molecular complexity index is 1120. The standard InChI is InChI=1S/C27H32FN3O3/c1-4-25-24(18-30(15-16-33-3)26(32)20-8-6-9-20)27(34-23-10-5-7-19(2)17-23)31(29-25)22-13-11-21(28)12-14-22/h5,7,10-14,17,20H,4,6,8-9,15-16,18H2,1-3H3. The minimum absolute atomic E-state index is 0.0789. The molecule has 0 aliphatic heterocycles. The molecule has 7 heteroatoms. The molecule has 0 unspecified atom stereocenters. The van der Waals surface area contributed by atoms with Gasteiger partial charge < -0.3 is 14.4 Å². The van der Waals surface area contributed by atoms with E-state index in [9.17, 15) is 9.18 Å². The molecule has 180 valence electrons. The van der Waals surface area contributed by atoms with Gasteiger partial charge >= 0.3 is 0 Å². The van der Waals surface area contributed by atoms with Crippen molar-refractivity contribution >= 4 is 5.91 Å². The molecule has 1 fully saturated rings. The van der Waals surface area contributed by atoms with Gasteiger partial charge in [-0.2, -0.15) is 5.10 Å². The number of hydrogen-bond donors (Lipinski definition) is 0. The number of methoxy groups -OCH3 is 1. The molecule has 34 heavy (non-hydrogen) atoms. The van der Waals surface area contributed by atoms with Crippen LogP contribution in [0.25, 0.3) is 5.69 Å². The number of ether oxygens (including phenoxy) is 2. The predicted molar refractivity (Wildman–Crippen MR) is 129 cm³/mol. The molecule has 2 aromatic carbocycles. The van der Waals surface area contributed by atoms with Crippen molar-refractivity contribution in [2.45, 2.75) is 46.1 Å². The van der Waals surface area contributed by atoms with Crippen LogP contribution < -0.4 is 4.74 Å². The highest BCUT2D eigenvalue weighted by Crippen LogP contribution is 2.34. The number of carbonyl (C=O) groups excluding carboxylic acids is 1. The highest BCUT2D eigenvalue weighted by atomic mass is 19.1. The number of halogens is 1. The largest absolute Gasteiger partial charge is 0.439 e. The first-order valence-corrected chi connectivity index (χ1v) is 11.9. The van der Waals surface area contributed by atoms with Gasteiger partial charge in [-0.05, 0) is 68.1 Å². The van der Waals surface area contributed by atoms with Crippen molar-refractivity contribution in [3.8, 4) is 17.3 Å². The van der Waals surface area contributed by atoms with Crippen LogP contribution >= 0.6 is 0 Å². The molecule has 1 aliphatic carbocycles. The van der Waals surface area contributed by atoms with Crippen molar-refractivity contribution in [2.75, 3.05) is 20.3 Å². The van der Waals surface area contributed by atoms with Gasteiger partial charge in [-0.3, -0.25) is 4.79 Å². The number of nitrogens with zero attached hydrogens (tertiary/aromatic N) is 3. The number of carbonyl (C=O) groups is 1. The van der Waals surface area contributed by atoms with Crippen molar-refractivity contribution in [2.24, 2.45) is 5.92 Å². The second-order valence-electron chi connectivity index (χ2n) is 8.77. The van der Waals surface area contributed by atoms with E-state index in [4.69, 9.17) is 14.6 Å². The molecular weight excluding hydrogens is 433 g/mol. The SMILES string of the molecule is CCc1nn(-c2ccc(F)cc2)c(Oc2cccc(C)c2)c1CN(CCOC)C(=O)C1CCC1. The molecule has 1 aromatic heterocycles. The van der Waals surface area contributed by atoms with Gasteiger partial charge in [0.1, 0.15) is 11.6 Å². The topological polar surface area (TPSA) is 56.6 Å². The Morgan fingerprint density at radius 1 is 1.21 bits per heavy atom. The average molecular weight is 466 g/mol. The quantitative estimate of drug-likeness (QED) is 0.400. The molecule has 0 atom stereocenters. The second kappa shape index (κ2) is 10.8. The van der Waals surface area contributed by atoms with Gasteiger partial charge in [-0.25, -0.2) is 9.07 Å². The van der Waals surface area contributed by atoms with Crippen LogP contribution in [0.2, 0.25) is 0 Å². The predicted octanol–water partition coefficient (Wildman–Crippen LogP) is 5.45. The molecule has 4 rings (SSSR count). The summed E-state index contributed by atoms with van der Waals surface area (Å²) in [5.74, 6) is 1.14. The summed E-state index contributed by atoms with van der Waals surface area (Å²) < 4.78 is 27.0. The van der Waals surface area contributed by atoms with Crippen LogP contribution in [0.4, 0.5) is 4.39 Å². The summed E-state index contributed by atoms with van der Waals surface area (Å²) in [6.07, 6.45) is 3.64. The van der Waals surface area contributed by atoms with E-state index in [1.807, 2.05) is 43.0 Å². The molecule has 0 N–H and O–H groups in total. The fourth-order valence-corrected chi connectivity index (χ4v) is 4.15. The smallest absolute Gasteiger partial charge is 0.227 e. The molecule has 6 nitrogen and oxygen atoms in total. The summed E-state index contributed by atoms with van der Waals surface area (Å²) in [5, 5.41) is 4.82. The first kappa shape index (κ1) is 24.0. The highest BCUT2D eigenvalue weighted by Gasteiger charge is 2.31. The fourth-order valence-electron chi connectivity index (χ4n) is 4.15. The van der Waals surface area contributed by atoms with E-state index >= 15 is 0 Å². The highest BCUT2D eigenvalue weighted by molar-refractivity contribution is 5.79. The number of benzene rings is 2. The first-order valence-electron chi connectivity index (χ1n) is 11.9. The number of aryl methyl sites for hydroxylation is 2. The van der Waals surface area contributed by atoms with Crippen molar-refractivity contribution in [1.82, 2.24) is 14.7 Å². The molecule has 0 bridgehead atoms. The van der Waals surface area contributed by atoms with Crippen molar-refractivity contribution in [1.29, 1.82) is 0 Å². The monoisotopic (exact) mass is 465 g/mol. The lowest BCUT2D eigenvalue weighted by Crippen LogP contribution is -2.40. The zero-order valence-electron chi connectivity index (χ0n) is 20.1. The molecule has 3 aromatic rings. The maximum Gasteiger partial charge on any atom is 0.227 e. The fraction of sp³-hybridized carbons (Fsp3) is 0.407. The lowest BCUT2D eigenvalue weighted by molar-refractivity contribution is -0.139. The summed E-state index contributed by atoms with van der Waals surface area (Å²) >= 11 is 0. The molecule has 1 amide bonds. The zero-order valence-corrected chi connectivity index (χ0v) is 20.1. The van der Waals surface area contributed by atoms with Crippen LogP contribution in [0.15, 0.2) is 48.5 Å². The third-order valence-electron chi connectivity index (χ3n) is 6.31. The van der Waals surface area contributed by atoms with Crippen LogP contribution in [0.3, 0.4) is 0 Å². The normalized spacial score (nSPS) is 13.5. The van der Waals surface area contributed by atoms with E-state index in [1.165, 1.54) is 12.1 Å². The first-order chi connectivity index (χ1) is 16.5. The Labute approximate surface area is 200 Å². The van der Waals surface area contributed by atoms with E-state index in [1.54, 1.807) is 23.9 Å². The second-order valence-corrected chi connectivity index (χ2v) is 8.77. The van der Waals surface area contributed by atoms with Gasteiger partial charge in [0.15, 0.2) is 0 Å². The maximum atomic E-state index is 13.6. The van der Waals surface area contributed by atoms with Crippen LogP contribution in [0, 0.1) is 18.7 Å². The van der Waals surface area contributed by atoms with Crippen molar-refractivity contribution < 1.29 is 18.7 Å². The van der Waals surface area contributed by atoms with Crippen LogP contribution in [-0.4, -0.2) is 40.8 Å². The molecular formula is C27H32FN3O3. The molecule has 1 heterocycles. The van der Waals surface area contributed by atoms with Gasteiger partial charge in [0, 0.05) is 19.6 Å². The number of aromatic nitrogens is 2. The third-order valence-corrected chi connectivity index (χ3v) is 6.31. The Hall–Kier alpha value is -3.19. The van der Waals surface area contributed by atoms with E-state index in [0.29, 0.717) is 43.4 Å². The summed E-state index contributed by atoms with van der Waals surface area (Å²) in [4.78, 5) is 15.1. The Morgan fingerprint density at radius 2 is 1.97 bits per heavy atom. The summed E-state index contributed by atoms with van der Waals surface area (Å²) in [6, 6.07) is 14.0. The molecule has 1 aliphatic rings. The van der Waals surface area contributed by atoms with Gasteiger partial charge in [0.25, 0.3) is 0 Å². The lowest BCUT2D eigenvalue weighted by Gasteiger charge is -2.31. The van der Waals surface area contributed by atoms with Gasteiger partial charge in [0.2, 0.25) is 11.8 Å². The van der Waals surface area contributed by atoms with Crippen molar-refractivity contribution in [3.63, 3.8) is 0 Å². The van der Waals surface area contributed by atoms with E-state index < -0.39 is 0 Å². The molecule has 0 saturated heterocycles. The third kappa shape index (κ3) is 5.30.